The number of aliphatic carboxylic acids is 1. The highest BCUT2D eigenvalue weighted by Crippen LogP contribution is 2.19. The van der Waals surface area contributed by atoms with Gasteiger partial charge in [-0.25, -0.2) is 4.79 Å². The molecule has 0 aliphatic carbocycles. The van der Waals surface area contributed by atoms with Crippen LogP contribution in [0.4, 0.5) is 0 Å². The van der Waals surface area contributed by atoms with Crippen molar-refractivity contribution in [1.82, 2.24) is 5.32 Å². The van der Waals surface area contributed by atoms with Crippen molar-refractivity contribution in [2.45, 2.75) is 31.7 Å². The van der Waals surface area contributed by atoms with E-state index in [4.69, 9.17) is 9.66 Å². The lowest BCUT2D eigenvalue weighted by atomic mass is 9.95. The molecule has 1 rings (SSSR count). The number of carboxylic acids is 1. The molecule has 0 saturated heterocycles. The Morgan fingerprint density at radius 3 is 2.27 bits per heavy atom. The van der Waals surface area contributed by atoms with Crippen LogP contribution in [0.2, 0.25) is 0 Å². The Morgan fingerprint density at radius 2 is 1.82 bits per heavy atom. The van der Waals surface area contributed by atoms with Crippen LogP contribution in [0.3, 0.4) is 0 Å². The molecule has 8 heteroatoms. The molecule has 1 aromatic carbocycles. The van der Waals surface area contributed by atoms with Crippen LogP contribution in [0.5, 0.6) is 0 Å². The third kappa shape index (κ3) is 5.82. The van der Waals surface area contributed by atoms with Crippen LogP contribution < -0.4 is 5.32 Å². The summed E-state index contributed by atoms with van der Waals surface area (Å²) in [7, 11) is -4.28. The van der Waals surface area contributed by atoms with E-state index in [-0.39, 0.29) is 0 Å². The summed E-state index contributed by atoms with van der Waals surface area (Å²) in [6.45, 7) is 1.80. The molecule has 3 N–H and O–H groups in total. The summed E-state index contributed by atoms with van der Waals surface area (Å²) < 4.78 is 30.1. The van der Waals surface area contributed by atoms with Crippen LogP contribution >= 0.6 is 0 Å². The molecular weight excluding hydrogens is 310 g/mol. The highest BCUT2D eigenvalue weighted by molar-refractivity contribution is 7.85. The van der Waals surface area contributed by atoms with Gasteiger partial charge < -0.3 is 10.4 Å². The lowest BCUT2D eigenvalue weighted by Gasteiger charge is -2.19. The van der Waals surface area contributed by atoms with E-state index in [0.29, 0.717) is 6.42 Å². The average molecular weight is 329 g/mol. The summed E-state index contributed by atoms with van der Waals surface area (Å²) in [6, 6.07) is 7.52. The van der Waals surface area contributed by atoms with E-state index in [1.807, 2.05) is 0 Å². The molecule has 0 fully saturated rings. The molecule has 0 aliphatic rings. The fraction of sp³-hybridized carbons (Fsp3) is 0.429. The second-order valence-electron chi connectivity index (χ2n) is 4.85. The molecule has 0 heterocycles. The van der Waals surface area contributed by atoms with Gasteiger partial charge in [0.05, 0.1) is 11.7 Å². The lowest BCUT2D eigenvalue weighted by Crippen LogP contribution is -2.43. The zero-order valence-electron chi connectivity index (χ0n) is 12.1. The van der Waals surface area contributed by atoms with Crippen molar-refractivity contribution in [2.75, 3.05) is 5.75 Å². The Bertz CT molecular complexity index is 613. The summed E-state index contributed by atoms with van der Waals surface area (Å²) in [5, 5.41) is 11.4. The Kier molecular flexibility index (Phi) is 6.51. The highest BCUT2D eigenvalue weighted by Gasteiger charge is 2.26. The van der Waals surface area contributed by atoms with Gasteiger partial charge in [-0.3, -0.25) is 9.35 Å². The zero-order valence-corrected chi connectivity index (χ0v) is 12.9. The largest absolute Gasteiger partial charge is 0.480 e. The maximum Gasteiger partial charge on any atom is 0.326 e. The second-order valence-corrected chi connectivity index (χ2v) is 6.42. The van der Waals surface area contributed by atoms with Gasteiger partial charge in [-0.05, 0) is 18.4 Å². The van der Waals surface area contributed by atoms with E-state index in [9.17, 15) is 18.0 Å². The lowest BCUT2D eigenvalue weighted by molar-refractivity contribution is -0.142. The molecule has 0 bridgehead atoms. The SMILES string of the molecule is CCC(C(=O)N[C@@H](CCS(=O)(=O)O)C(=O)O)c1ccccc1. The summed E-state index contributed by atoms with van der Waals surface area (Å²) >= 11 is 0. The molecule has 1 aromatic rings. The topological polar surface area (TPSA) is 121 Å². The van der Waals surface area contributed by atoms with Gasteiger partial charge in [0.25, 0.3) is 10.1 Å². The monoisotopic (exact) mass is 329 g/mol. The minimum absolute atomic E-state index is 0.398. The fourth-order valence-corrected chi connectivity index (χ4v) is 2.59. The van der Waals surface area contributed by atoms with Crippen molar-refractivity contribution < 1.29 is 27.7 Å². The van der Waals surface area contributed by atoms with Crippen molar-refractivity contribution >= 4 is 22.0 Å². The number of amides is 1. The minimum Gasteiger partial charge on any atom is -0.480 e. The van der Waals surface area contributed by atoms with Crippen molar-refractivity contribution in [1.29, 1.82) is 0 Å². The van der Waals surface area contributed by atoms with Gasteiger partial charge in [-0.15, -0.1) is 0 Å². The number of rotatable bonds is 8. The number of carbonyl (C=O) groups excluding carboxylic acids is 1. The summed E-state index contributed by atoms with van der Waals surface area (Å²) in [5.74, 6) is -3.09. The molecule has 0 spiro atoms. The summed E-state index contributed by atoms with van der Waals surface area (Å²) in [4.78, 5) is 23.3. The van der Waals surface area contributed by atoms with E-state index >= 15 is 0 Å². The third-order valence-corrected chi connectivity index (χ3v) is 3.96. The first kappa shape index (κ1) is 18.1. The maximum atomic E-state index is 12.2. The van der Waals surface area contributed by atoms with Crippen LogP contribution in [-0.4, -0.2) is 41.7 Å². The number of benzene rings is 1. The number of carbonyl (C=O) groups is 2. The van der Waals surface area contributed by atoms with E-state index in [0.717, 1.165) is 5.56 Å². The van der Waals surface area contributed by atoms with Gasteiger partial charge in [0.1, 0.15) is 6.04 Å². The van der Waals surface area contributed by atoms with Crippen LogP contribution in [0.25, 0.3) is 0 Å². The number of hydrogen-bond donors (Lipinski definition) is 3. The Balaban J connectivity index is 2.79. The van der Waals surface area contributed by atoms with E-state index in [2.05, 4.69) is 5.32 Å². The first-order valence-corrected chi connectivity index (χ1v) is 8.38. The Hall–Kier alpha value is -1.93. The van der Waals surface area contributed by atoms with E-state index in [1.165, 1.54) is 0 Å². The van der Waals surface area contributed by atoms with Gasteiger partial charge in [-0.1, -0.05) is 37.3 Å². The van der Waals surface area contributed by atoms with E-state index in [1.54, 1.807) is 37.3 Å². The minimum atomic E-state index is -4.28. The van der Waals surface area contributed by atoms with Gasteiger partial charge in [0.15, 0.2) is 0 Å². The van der Waals surface area contributed by atoms with Crippen molar-refractivity contribution in [3.8, 4) is 0 Å². The van der Waals surface area contributed by atoms with Crippen molar-refractivity contribution in [3.63, 3.8) is 0 Å². The Morgan fingerprint density at radius 1 is 1.23 bits per heavy atom. The quantitative estimate of drug-likeness (QED) is 0.613. The molecule has 0 aromatic heterocycles. The normalized spacial score (nSPS) is 14.1. The highest BCUT2D eigenvalue weighted by atomic mass is 32.2. The third-order valence-electron chi connectivity index (χ3n) is 3.21. The van der Waals surface area contributed by atoms with Gasteiger partial charge >= 0.3 is 5.97 Å². The molecular formula is C14H19NO6S. The summed E-state index contributed by atoms with van der Waals surface area (Å²) in [5.41, 5.74) is 0.751. The summed E-state index contributed by atoms with van der Waals surface area (Å²) in [6.07, 6.45) is 0.0750. The van der Waals surface area contributed by atoms with Crippen LogP contribution in [0.1, 0.15) is 31.2 Å². The van der Waals surface area contributed by atoms with Gasteiger partial charge in [-0.2, -0.15) is 8.42 Å². The van der Waals surface area contributed by atoms with Crippen molar-refractivity contribution in [3.05, 3.63) is 35.9 Å². The molecule has 2 atom stereocenters. The molecule has 0 aliphatic heterocycles. The fourth-order valence-electron chi connectivity index (χ4n) is 2.05. The number of carboxylic acid groups (broad SMARTS) is 1. The number of hydrogen-bond acceptors (Lipinski definition) is 4. The molecule has 7 nitrogen and oxygen atoms in total. The first-order chi connectivity index (χ1) is 10.2. The Labute approximate surface area is 129 Å². The molecule has 0 saturated carbocycles. The predicted molar refractivity (Wildman–Crippen MR) is 80.1 cm³/mol. The van der Waals surface area contributed by atoms with E-state index < -0.39 is 46.1 Å². The maximum absolute atomic E-state index is 12.2. The molecule has 122 valence electrons. The smallest absolute Gasteiger partial charge is 0.326 e. The second kappa shape index (κ2) is 7.90. The van der Waals surface area contributed by atoms with Gasteiger partial charge in [0.2, 0.25) is 5.91 Å². The first-order valence-electron chi connectivity index (χ1n) is 6.78. The molecule has 1 amide bonds. The van der Waals surface area contributed by atoms with Crippen LogP contribution in [0.15, 0.2) is 30.3 Å². The van der Waals surface area contributed by atoms with Gasteiger partial charge in [0, 0.05) is 0 Å². The molecule has 22 heavy (non-hydrogen) atoms. The predicted octanol–water partition coefficient (Wildman–Crippen LogP) is 1.03. The molecule has 1 unspecified atom stereocenters. The zero-order chi connectivity index (χ0) is 16.8. The molecule has 0 radical (unpaired) electrons. The number of nitrogens with one attached hydrogen (secondary N) is 1. The van der Waals surface area contributed by atoms with Crippen molar-refractivity contribution in [2.24, 2.45) is 0 Å². The van der Waals surface area contributed by atoms with Crippen LogP contribution in [0, 0.1) is 0 Å². The average Bonchev–Trinajstić information content (AvgIpc) is 2.44. The van der Waals surface area contributed by atoms with Crippen LogP contribution in [-0.2, 0) is 19.7 Å². The standard InChI is InChI=1S/C14H19NO6S/c1-2-11(10-6-4-3-5-7-10)13(16)15-12(14(17)18)8-9-22(19,20)21/h3-7,11-12H,2,8-9H2,1H3,(H,15,16)(H,17,18)(H,19,20,21)/t11?,12-/m0/s1.